The molecular formula is C17H18N2O2. The van der Waals surface area contributed by atoms with E-state index in [1.54, 1.807) is 0 Å². The molecule has 0 amide bonds. The first-order chi connectivity index (χ1) is 10.2. The first kappa shape index (κ1) is 13.5. The van der Waals surface area contributed by atoms with Gasteiger partial charge in [0.15, 0.2) is 0 Å². The van der Waals surface area contributed by atoms with Gasteiger partial charge in [-0.2, -0.15) is 0 Å². The number of hydrogen-bond acceptors (Lipinski definition) is 3. The molecule has 1 unspecified atom stereocenters. The summed E-state index contributed by atoms with van der Waals surface area (Å²) in [6.07, 6.45) is 1.43. The molecule has 1 aliphatic rings. The van der Waals surface area contributed by atoms with Crippen molar-refractivity contribution in [3.63, 3.8) is 0 Å². The summed E-state index contributed by atoms with van der Waals surface area (Å²) >= 11 is 0. The number of amidine groups is 1. The molecular weight excluding hydrogens is 264 g/mol. The highest BCUT2D eigenvalue weighted by Crippen LogP contribution is 2.28. The van der Waals surface area contributed by atoms with Crippen LogP contribution in [-0.2, 0) is 12.8 Å². The summed E-state index contributed by atoms with van der Waals surface area (Å²) in [4.78, 5) is 0. The van der Waals surface area contributed by atoms with Crippen LogP contribution in [0.15, 0.2) is 48.5 Å². The van der Waals surface area contributed by atoms with Crippen molar-refractivity contribution >= 4 is 5.84 Å². The number of fused-ring (bicyclic) bond motifs is 1. The Kier molecular flexibility index (Phi) is 3.77. The largest absolute Gasteiger partial charge is 0.490 e. The lowest BCUT2D eigenvalue weighted by Gasteiger charge is -2.12. The number of benzene rings is 2. The van der Waals surface area contributed by atoms with Crippen LogP contribution < -0.4 is 15.2 Å². The fourth-order valence-electron chi connectivity index (χ4n) is 2.46. The van der Waals surface area contributed by atoms with Crippen molar-refractivity contribution in [3.8, 4) is 11.5 Å². The smallest absolute Gasteiger partial charge is 0.137 e. The normalized spacial score (nSPS) is 16.1. The number of rotatable bonds is 5. The minimum Gasteiger partial charge on any atom is -0.490 e. The second-order valence-corrected chi connectivity index (χ2v) is 5.21. The molecule has 0 bridgehead atoms. The molecule has 3 N–H and O–H groups in total. The monoisotopic (exact) mass is 282 g/mol. The third-order valence-electron chi connectivity index (χ3n) is 3.47. The van der Waals surface area contributed by atoms with Crippen LogP contribution in [0.5, 0.6) is 11.5 Å². The molecule has 3 rings (SSSR count). The number of nitrogens with one attached hydrogen (secondary N) is 1. The Bertz CT molecular complexity index is 612. The van der Waals surface area contributed by atoms with Gasteiger partial charge in [0.2, 0.25) is 0 Å². The molecule has 0 aliphatic carbocycles. The SMILES string of the molecule is N=C(N)Cc1ccc(OCC2Cc3ccccc3O2)cc1. The van der Waals surface area contributed by atoms with E-state index in [2.05, 4.69) is 6.07 Å². The number of nitrogens with two attached hydrogens (primary N) is 1. The van der Waals surface area contributed by atoms with Crippen molar-refractivity contribution in [2.75, 3.05) is 6.61 Å². The lowest BCUT2D eigenvalue weighted by Crippen LogP contribution is -2.22. The molecule has 21 heavy (non-hydrogen) atoms. The van der Waals surface area contributed by atoms with Crippen LogP contribution in [0.4, 0.5) is 0 Å². The molecule has 2 aromatic carbocycles. The van der Waals surface area contributed by atoms with Gasteiger partial charge in [-0.05, 0) is 29.3 Å². The highest BCUT2D eigenvalue weighted by molar-refractivity contribution is 5.79. The van der Waals surface area contributed by atoms with E-state index in [0.717, 1.165) is 23.5 Å². The molecule has 0 radical (unpaired) electrons. The summed E-state index contributed by atoms with van der Waals surface area (Å²) in [6, 6.07) is 15.8. The molecule has 0 saturated carbocycles. The van der Waals surface area contributed by atoms with E-state index in [1.807, 2.05) is 42.5 Å². The predicted octanol–water partition coefficient (Wildman–Crippen LogP) is 2.55. The van der Waals surface area contributed by atoms with Crippen LogP contribution in [-0.4, -0.2) is 18.5 Å². The predicted molar refractivity (Wildman–Crippen MR) is 82.1 cm³/mol. The Morgan fingerprint density at radius 1 is 1.19 bits per heavy atom. The number of ether oxygens (including phenoxy) is 2. The Hall–Kier alpha value is -2.49. The Balaban J connectivity index is 1.53. The molecule has 0 spiro atoms. The van der Waals surface area contributed by atoms with E-state index in [-0.39, 0.29) is 11.9 Å². The van der Waals surface area contributed by atoms with Crippen LogP contribution >= 0.6 is 0 Å². The molecule has 0 aromatic heterocycles. The van der Waals surface area contributed by atoms with E-state index in [4.69, 9.17) is 20.6 Å². The maximum atomic E-state index is 7.27. The Morgan fingerprint density at radius 3 is 2.67 bits per heavy atom. The molecule has 0 fully saturated rings. The Morgan fingerprint density at radius 2 is 1.95 bits per heavy atom. The summed E-state index contributed by atoms with van der Waals surface area (Å²) in [7, 11) is 0. The zero-order valence-electron chi connectivity index (χ0n) is 11.7. The van der Waals surface area contributed by atoms with Crippen LogP contribution in [0.2, 0.25) is 0 Å². The third kappa shape index (κ3) is 3.34. The van der Waals surface area contributed by atoms with Crippen molar-refractivity contribution < 1.29 is 9.47 Å². The lowest BCUT2D eigenvalue weighted by atomic mass is 10.1. The van der Waals surface area contributed by atoms with Crippen molar-refractivity contribution in [3.05, 3.63) is 59.7 Å². The molecule has 1 aliphatic heterocycles. The van der Waals surface area contributed by atoms with Crippen LogP contribution in [0.1, 0.15) is 11.1 Å². The highest BCUT2D eigenvalue weighted by Gasteiger charge is 2.22. The van der Waals surface area contributed by atoms with E-state index in [0.29, 0.717) is 13.0 Å². The Labute approximate surface area is 124 Å². The molecule has 108 valence electrons. The minimum atomic E-state index is 0.0688. The highest BCUT2D eigenvalue weighted by atomic mass is 16.5. The average molecular weight is 282 g/mol. The van der Waals surface area contributed by atoms with Crippen molar-refractivity contribution in [2.24, 2.45) is 5.73 Å². The molecule has 0 saturated heterocycles. The van der Waals surface area contributed by atoms with E-state index in [9.17, 15) is 0 Å². The fraction of sp³-hybridized carbons (Fsp3) is 0.235. The van der Waals surface area contributed by atoms with Crippen molar-refractivity contribution in [2.45, 2.75) is 18.9 Å². The number of hydrogen-bond donors (Lipinski definition) is 2. The molecule has 4 nitrogen and oxygen atoms in total. The summed E-state index contributed by atoms with van der Waals surface area (Å²) < 4.78 is 11.6. The van der Waals surface area contributed by atoms with E-state index >= 15 is 0 Å². The maximum absolute atomic E-state index is 7.27. The first-order valence-electron chi connectivity index (χ1n) is 7.00. The van der Waals surface area contributed by atoms with Gasteiger partial charge in [-0.25, -0.2) is 0 Å². The van der Waals surface area contributed by atoms with Gasteiger partial charge in [0, 0.05) is 12.8 Å². The van der Waals surface area contributed by atoms with Gasteiger partial charge in [0.05, 0.1) is 5.84 Å². The average Bonchev–Trinajstić information content (AvgIpc) is 2.89. The van der Waals surface area contributed by atoms with Crippen LogP contribution in [0, 0.1) is 5.41 Å². The van der Waals surface area contributed by atoms with Gasteiger partial charge >= 0.3 is 0 Å². The molecule has 1 atom stereocenters. The zero-order valence-corrected chi connectivity index (χ0v) is 11.7. The second-order valence-electron chi connectivity index (χ2n) is 5.21. The minimum absolute atomic E-state index is 0.0688. The first-order valence-corrected chi connectivity index (χ1v) is 7.00. The summed E-state index contributed by atoms with van der Waals surface area (Å²) in [6.45, 7) is 0.529. The van der Waals surface area contributed by atoms with E-state index < -0.39 is 0 Å². The van der Waals surface area contributed by atoms with Gasteiger partial charge < -0.3 is 15.2 Å². The maximum Gasteiger partial charge on any atom is 0.137 e. The van der Waals surface area contributed by atoms with Crippen molar-refractivity contribution in [1.82, 2.24) is 0 Å². The molecule has 2 aromatic rings. The van der Waals surface area contributed by atoms with Gasteiger partial charge in [0.1, 0.15) is 24.2 Å². The van der Waals surface area contributed by atoms with Crippen LogP contribution in [0.3, 0.4) is 0 Å². The molecule has 4 heteroatoms. The van der Waals surface area contributed by atoms with Gasteiger partial charge in [-0.1, -0.05) is 30.3 Å². The topological polar surface area (TPSA) is 68.3 Å². The fourth-order valence-corrected chi connectivity index (χ4v) is 2.46. The summed E-state index contributed by atoms with van der Waals surface area (Å²) in [5.74, 6) is 1.94. The standard InChI is InChI=1S/C17H18N2O2/c18-17(19)9-12-5-7-14(8-6-12)20-11-15-10-13-3-1-2-4-16(13)21-15/h1-8,15H,9-11H2,(H3,18,19). The van der Waals surface area contributed by atoms with Gasteiger partial charge in [0.25, 0.3) is 0 Å². The summed E-state index contributed by atoms with van der Waals surface area (Å²) in [5, 5.41) is 7.27. The third-order valence-corrected chi connectivity index (χ3v) is 3.47. The van der Waals surface area contributed by atoms with Crippen molar-refractivity contribution in [1.29, 1.82) is 5.41 Å². The van der Waals surface area contributed by atoms with Gasteiger partial charge in [-0.15, -0.1) is 0 Å². The lowest BCUT2D eigenvalue weighted by molar-refractivity contribution is 0.148. The van der Waals surface area contributed by atoms with Gasteiger partial charge in [-0.3, -0.25) is 5.41 Å². The zero-order chi connectivity index (χ0) is 14.7. The number of para-hydroxylation sites is 1. The summed E-state index contributed by atoms with van der Waals surface area (Å²) in [5.41, 5.74) is 7.63. The van der Waals surface area contributed by atoms with E-state index in [1.165, 1.54) is 5.56 Å². The second kappa shape index (κ2) is 5.87. The molecule has 1 heterocycles. The quantitative estimate of drug-likeness (QED) is 0.654. The van der Waals surface area contributed by atoms with Crippen LogP contribution in [0.25, 0.3) is 0 Å².